The highest BCUT2D eigenvalue weighted by Crippen LogP contribution is 2.33. The molecule has 0 saturated carbocycles. The smallest absolute Gasteiger partial charge is 0.257 e. The summed E-state index contributed by atoms with van der Waals surface area (Å²) in [5.74, 6) is 1.96. The predicted octanol–water partition coefficient (Wildman–Crippen LogP) is 4.93. The van der Waals surface area contributed by atoms with Crippen molar-refractivity contribution in [1.29, 1.82) is 0 Å². The summed E-state index contributed by atoms with van der Waals surface area (Å²) >= 11 is 12.7. The van der Waals surface area contributed by atoms with Gasteiger partial charge in [0.1, 0.15) is 5.82 Å². The molecule has 11 heteroatoms. The molecular formula is C26H24Cl2N8O. The number of nitrogens with zero attached hydrogens (tertiary/aromatic N) is 7. The summed E-state index contributed by atoms with van der Waals surface area (Å²) in [4.78, 5) is 25.8. The van der Waals surface area contributed by atoms with Crippen LogP contribution in [-0.2, 0) is 13.0 Å². The van der Waals surface area contributed by atoms with E-state index in [2.05, 4.69) is 47.0 Å². The molecule has 0 atom stereocenters. The van der Waals surface area contributed by atoms with Crippen LogP contribution in [0, 0.1) is 6.92 Å². The van der Waals surface area contributed by atoms with Crippen LogP contribution in [0.25, 0.3) is 22.5 Å². The first-order valence-electron chi connectivity index (χ1n) is 12.0. The van der Waals surface area contributed by atoms with Crippen LogP contribution < -0.4 is 4.90 Å². The average Bonchev–Trinajstić information content (AvgIpc) is 3.50. The van der Waals surface area contributed by atoms with E-state index >= 15 is 0 Å². The van der Waals surface area contributed by atoms with Gasteiger partial charge in [-0.25, -0.2) is 4.98 Å². The molecule has 5 heterocycles. The van der Waals surface area contributed by atoms with Gasteiger partial charge in [-0.1, -0.05) is 28.4 Å². The molecule has 0 radical (unpaired) electrons. The van der Waals surface area contributed by atoms with Crippen molar-refractivity contribution >= 4 is 39.9 Å². The zero-order valence-electron chi connectivity index (χ0n) is 20.2. The van der Waals surface area contributed by atoms with Crippen molar-refractivity contribution in [1.82, 2.24) is 35.0 Å². The van der Waals surface area contributed by atoms with Crippen LogP contribution in [0.5, 0.6) is 0 Å². The SMILES string of the molecule is Cc1noc(-c2ccc3nc(Cc4cc(CN5CCN(c6c(Cl)cncc6Cl)CC5)ccn4)[nH]c3c2)n1. The summed E-state index contributed by atoms with van der Waals surface area (Å²) in [5, 5.41) is 5.05. The Morgan fingerprint density at radius 2 is 1.81 bits per heavy atom. The average molecular weight is 535 g/mol. The normalized spacial score (nSPS) is 14.5. The molecule has 0 spiro atoms. The lowest BCUT2D eigenvalue weighted by Gasteiger charge is -2.36. The first-order chi connectivity index (χ1) is 18.0. The van der Waals surface area contributed by atoms with E-state index in [1.54, 1.807) is 19.3 Å². The van der Waals surface area contributed by atoms with E-state index in [1.165, 1.54) is 5.56 Å². The van der Waals surface area contributed by atoms with Gasteiger partial charge in [-0.15, -0.1) is 0 Å². The van der Waals surface area contributed by atoms with Crippen LogP contribution in [0.4, 0.5) is 5.69 Å². The van der Waals surface area contributed by atoms with Crippen molar-refractivity contribution < 1.29 is 4.52 Å². The molecule has 1 fully saturated rings. The molecule has 0 amide bonds. The van der Waals surface area contributed by atoms with Crippen LogP contribution >= 0.6 is 23.2 Å². The summed E-state index contributed by atoms with van der Waals surface area (Å²) in [7, 11) is 0. The molecule has 1 saturated heterocycles. The number of benzene rings is 1. The fraction of sp³-hybridized carbons (Fsp3) is 0.269. The van der Waals surface area contributed by atoms with E-state index in [0.717, 1.165) is 66.5 Å². The van der Waals surface area contributed by atoms with Gasteiger partial charge in [0.25, 0.3) is 5.89 Å². The molecule has 5 aromatic rings. The molecule has 1 aromatic carbocycles. The van der Waals surface area contributed by atoms with Gasteiger partial charge in [-0.3, -0.25) is 14.9 Å². The van der Waals surface area contributed by atoms with Crippen molar-refractivity contribution in [2.75, 3.05) is 31.1 Å². The highest BCUT2D eigenvalue weighted by Gasteiger charge is 2.21. The number of pyridine rings is 2. The number of imidazole rings is 1. The highest BCUT2D eigenvalue weighted by atomic mass is 35.5. The van der Waals surface area contributed by atoms with E-state index in [4.69, 9.17) is 32.7 Å². The fourth-order valence-corrected chi connectivity index (χ4v) is 5.29. The maximum Gasteiger partial charge on any atom is 0.257 e. The van der Waals surface area contributed by atoms with E-state index in [9.17, 15) is 0 Å². The van der Waals surface area contributed by atoms with Gasteiger partial charge in [0, 0.05) is 69.0 Å². The molecule has 0 aliphatic carbocycles. The Hall–Kier alpha value is -3.53. The van der Waals surface area contributed by atoms with Gasteiger partial charge in [0.15, 0.2) is 5.82 Å². The number of aryl methyl sites for hydroxylation is 1. The van der Waals surface area contributed by atoms with Gasteiger partial charge in [-0.05, 0) is 42.8 Å². The van der Waals surface area contributed by atoms with Gasteiger partial charge in [0.2, 0.25) is 0 Å². The number of hydrogen-bond acceptors (Lipinski definition) is 8. The molecule has 1 N–H and O–H groups in total. The van der Waals surface area contributed by atoms with Gasteiger partial charge in [-0.2, -0.15) is 4.98 Å². The molecule has 9 nitrogen and oxygen atoms in total. The summed E-state index contributed by atoms with van der Waals surface area (Å²) in [5.41, 5.74) is 5.73. The number of halogens is 2. The molecule has 0 unspecified atom stereocenters. The number of aromatic amines is 1. The molecule has 1 aliphatic rings. The highest BCUT2D eigenvalue weighted by molar-refractivity contribution is 6.38. The number of hydrogen-bond donors (Lipinski definition) is 1. The molecule has 4 aromatic heterocycles. The first-order valence-corrected chi connectivity index (χ1v) is 12.8. The number of piperazine rings is 1. The zero-order valence-corrected chi connectivity index (χ0v) is 21.7. The van der Waals surface area contributed by atoms with Crippen LogP contribution in [0.15, 0.2) is 53.4 Å². The quantitative estimate of drug-likeness (QED) is 0.327. The third-order valence-electron chi connectivity index (χ3n) is 6.46. The Balaban J connectivity index is 1.11. The summed E-state index contributed by atoms with van der Waals surface area (Å²) in [6.07, 6.45) is 5.77. The second-order valence-electron chi connectivity index (χ2n) is 9.11. The number of aromatic nitrogens is 6. The topological polar surface area (TPSA) is 99.9 Å². The Labute approximate surface area is 223 Å². The summed E-state index contributed by atoms with van der Waals surface area (Å²) in [6, 6.07) is 10.1. The van der Waals surface area contributed by atoms with Crippen molar-refractivity contribution in [2.45, 2.75) is 19.9 Å². The van der Waals surface area contributed by atoms with E-state index in [-0.39, 0.29) is 0 Å². The van der Waals surface area contributed by atoms with Crippen molar-refractivity contribution in [2.24, 2.45) is 0 Å². The lowest BCUT2D eigenvalue weighted by atomic mass is 10.1. The minimum absolute atomic E-state index is 0.498. The zero-order chi connectivity index (χ0) is 25.4. The molecule has 6 rings (SSSR count). The minimum Gasteiger partial charge on any atom is -0.366 e. The van der Waals surface area contributed by atoms with Crippen molar-refractivity contribution in [3.63, 3.8) is 0 Å². The van der Waals surface area contributed by atoms with Gasteiger partial charge < -0.3 is 14.4 Å². The minimum atomic E-state index is 0.498. The Bertz CT molecular complexity index is 1540. The number of anilines is 1. The Kier molecular flexibility index (Phi) is 6.50. The second kappa shape index (κ2) is 10.1. The second-order valence-corrected chi connectivity index (χ2v) is 9.92. The third-order valence-corrected chi connectivity index (χ3v) is 7.01. The number of rotatable bonds is 6. The van der Waals surface area contributed by atoms with Crippen LogP contribution in [0.1, 0.15) is 22.9 Å². The monoisotopic (exact) mass is 534 g/mol. The molecule has 37 heavy (non-hydrogen) atoms. The number of fused-ring (bicyclic) bond motifs is 1. The maximum atomic E-state index is 6.35. The van der Waals surface area contributed by atoms with E-state index in [0.29, 0.717) is 28.2 Å². The largest absolute Gasteiger partial charge is 0.366 e. The number of nitrogens with one attached hydrogen (secondary N) is 1. The molecule has 1 aliphatic heterocycles. The van der Waals surface area contributed by atoms with Crippen molar-refractivity contribution in [3.05, 3.63) is 81.9 Å². The predicted molar refractivity (Wildman–Crippen MR) is 143 cm³/mol. The summed E-state index contributed by atoms with van der Waals surface area (Å²) < 4.78 is 5.29. The maximum absolute atomic E-state index is 6.35. The Morgan fingerprint density at radius 3 is 2.57 bits per heavy atom. The standard InChI is InChI=1S/C26H24Cl2N8O/c1-16-31-26(37-34-16)18-2-3-22-23(11-18)33-24(32-22)12-19-10-17(4-5-30-19)15-35-6-8-36(9-7-35)25-20(27)13-29-14-21(25)28/h2-5,10-11,13-14H,6-9,12,15H2,1H3,(H,32,33). The molecule has 0 bridgehead atoms. The summed E-state index contributed by atoms with van der Waals surface area (Å²) in [6.45, 7) is 6.19. The van der Waals surface area contributed by atoms with Crippen molar-refractivity contribution in [3.8, 4) is 11.5 Å². The number of H-pyrrole nitrogens is 1. The molecule has 188 valence electrons. The Morgan fingerprint density at radius 1 is 1.00 bits per heavy atom. The van der Waals surface area contributed by atoms with E-state index < -0.39 is 0 Å². The van der Waals surface area contributed by atoms with Crippen LogP contribution in [-0.4, -0.2) is 61.2 Å². The van der Waals surface area contributed by atoms with E-state index in [1.807, 2.05) is 24.4 Å². The molecular weight excluding hydrogens is 511 g/mol. The fourth-order valence-electron chi connectivity index (χ4n) is 4.68. The van der Waals surface area contributed by atoms with Crippen LogP contribution in [0.2, 0.25) is 10.0 Å². The lowest BCUT2D eigenvalue weighted by molar-refractivity contribution is 0.250. The first kappa shape index (κ1) is 23.8. The third kappa shape index (κ3) is 5.16. The van der Waals surface area contributed by atoms with Gasteiger partial charge >= 0.3 is 0 Å². The van der Waals surface area contributed by atoms with Gasteiger partial charge in [0.05, 0.1) is 26.8 Å². The van der Waals surface area contributed by atoms with Crippen LogP contribution in [0.3, 0.4) is 0 Å². The lowest BCUT2D eigenvalue weighted by Crippen LogP contribution is -2.46.